The van der Waals surface area contributed by atoms with Crippen molar-refractivity contribution in [2.75, 3.05) is 0 Å². The van der Waals surface area contributed by atoms with Crippen LogP contribution in [0.15, 0.2) is 23.3 Å². The van der Waals surface area contributed by atoms with E-state index >= 15 is 0 Å². The van der Waals surface area contributed by atoms with Crippen LogP contribution < -0.4 is 0 Å². The van der Waals surface area contributed by atoms with Gasteiger partial charge >= 0.3 is 0 Å². The highest BCUT2D eigenvalue weighted by Gasteiger charge is 2.56. The number of allylic oxidation sites excluding steroid dienone is 3. The molecule has 4 aliphatic carbocycles. The van der Waals surface area contributed by atoms with Gasteiger partial charge in [0.25, 0.3) is 0 Å². The SMILES string of the molecule is CC(C)C(O)CC[C@@H](C)[C@H]1CC[C@H]2C3=CC=C4C[C@@H](O)CC[C@@]4(C)[C@@H]3CC[C@]12C. The van der Waals surface area contributed by atoms with Gasteiger partial charge in [0, 0.05) is 0 Å². The number of fused-ring (bicyclic) bond motifs is 5. The molecule has 8 atom stereocenters. The standard InChI is InChI=1S/C27H44O2/c1-17(2)25(29)11-6-18(3)22-9-10-23-21-8-7-19-16-20(28)12-14-26(19,4)24(21)13-15-27(22,23)5/h7-8,17-18,20,22-25,28-29H,6,9-16H2,1-5H3/t18-,20+,22-,23+,24-,25?,26-,27-/m1/s1. The molecule has 0 saturated heterocycles. The topological polar surface area (TPSA) is 40.5 Å². The minimum Gasteiger partial charge on any atom is -0.393 e. The summed E-state index contributed by atoms with van der Waals surface area (Å²) in [6.07, 6.45) is 15.1. The van der Waals surface area contributed by atoms with Crippen LogP contribution in [0.25, 0.3) is 0 Å². The summed E-state index contributed by atoms with van der Waals surface area (Å²) < 4.78 is 0. The Labute approximate surface area is 178 Å². The largest absolute Gasteiger partial charge is 0.393 e. The van der Waals surface area contributed by atoms with Crippen LogP contribution in [0.5, 0.6) is 0 Å². The summed E-state index contributed by atoms with van der Waals surface area (Å²) in [5.41, 5.74) is 3.98. The van der Waals surface area contributed by atoms with Crippen LogP contribution in [-0.2, 0) is 0 Å². The van der Waals surface area contributed by atoms with Gasteiger partial charge < -0.3 is 10.2 Å². The third-order valence-electron chi connectivity index (χ3n) is 9.99. The summed E-state index contributed by atoms with van der Waals surface area (Å²) in [5, 5.41) is 20.5. The summed E-state index contributed by atoms with van der Waals surface area (Å²) in [7, 11) is 0. The normalized spacial score (nSPS) is 43.7. The number of hydrogen-bond acceptors (Lipinski definition) is 2. The molecule has 0 bridgehead atoms. The Balaban J connectivity index is 1.52. The Hall–Kier alpha value is -0.600. The predicted octanol–water partition coefficient (Wildman–Crippen LogP) is 6.28. The van der Waals surface area contributed by atoms with Crippen molar-refractivity contribution in [1.82, 2.24) is 0 Å². The van der Waals surface area contributed by atoms with Crippen LogP contribution in [0.3, 0.4) is 0 Å². The number of aliphatic hydroxyl groups excluding tert-OH is 2. The zero-order valence-electron chi connectivity index (χ0n) is 19.5. The summed E-state index contributed by atoms with van der Waals surface area (Å²) in [4.78, 5) is 0. The maximum atomic E-state index is 10.3. The van der Waals surface area contributed by atoms with Crippen molar-refractivity contribution in [3.05, 3.63) is 23.3 Å². The van der Waals surface area contributed by atoms with Crippen molar-refractivity contribution < 1.29 is 10.2 Å². The van der Waals surface area contributed by atoms with E-state index in [0.717, 1.165) is 43.9 Å². The van der Waals surface area contributed by atoms with E-state index in [0.29, 0.717) is 23.2 Å². The molecule has 29 heavy (non-hydrogen) atoms. The van der Waals surface area contributed by atoms with E-state index in [1.165, 1.54) is 31.3 Å². The highest BCUT2D eigenvalue weighted by atomic mass is 16.3. The fourth-order valence-corrected chi connectivity index (χ4v) is 7.93. The molecule has 0 spiro atoms. The van der Waals surface area contributed by atoms with E-state index in [1.807, 2.05) is 0 Å². The van der Waals surface area contributed by atoms with Gasteiger partial charge in [-0.15, -0.1) is 0 Å². The van der Waals surface area contributed by atoms with Crippen molar-refractivity contribution in [2.24, 2.45) is 40.4 Å². The summed E-state index contributed by atoms with van der Waals surface area (Å²) >= 11 is 0. The van der Waals surface area contributed by atoms with E-state index in [2.05, 4.69) is 46.8 Å². The van der Waals surface area contributed by atoms with Gasteiger partial charge in [0.15, 0.2) is 0 Å². The van der Waals surface area contributed by atoms with Crippen molar-refractivity contribution >= 4 is 0 Å². The monoisotopic (exact) mass is 400 g/mol. The lowest BCUT2D eigenvalue weighted by molar-refractivity contribution is 0.0288. The van der Waals surface area contributed by atoms with Crippen molar-refractivity contribution in [1.29, 1.82) is 0 Å². The van der Waals surface area contributed by atoms with Crippen LogP contribution >= 0.6 is 0 Å². The summed E-state index contributed by atoms with van der Waals surface area (Å²) in [5.74, 6) is 3.30. The Kier molecular flexibility index (Phi) is 5.84. The molecule has 0 aromatic heterocycles. The Bertz CT molecular complexity index is 676. The molecule has 164 valence electrons. The van der Waals surface area contributed by atoms with Crippen LogP contribution in [0.1, 0.15) is 92.4 Å². The number of aliphatic hydroxyl groups is 2. The molecule has 0 aliphatic heterocycles. The van der Waals surface area contributed by atoms with Gasteiger partial charge in [0.1, 0.15) is 0 Å². The molecular weight excluding hydrogens is 356 g/mol. The predicted molar refractivity (Wildman–Crippen MR) is 120 cm³/mol. The number of rotatable bonds is 5. The molecule has 0 heterocycles. The van der Waals surface area contributed by atoms with Gasteiger partial charge in [-0.25, -0.2) is 0 Å². The average Bonchev–Trinajstić information content (AvgIpc) is 3.03. The minimum atomic E-state index is -0.149. The van der Waals surface area contributed by atoms with E-state index in [1.54, 1.807) is 5.57 Å². The molecule has 0 aromatic rings. The third kappa shape index (κ3) is 3.57. The van der Waals surface area contributed by atoms with Gasteiger partial charge in [-0.05, 0) is 98.2 Å². The zero-order chi connectivity index (χ0) is 21.0. The van der Waals surface area contributed by atoms with Gasteiger partial charge in [-0.1, -0.05) is 57.9 Å². The molecule has 2 N–H and O–H groups in total. The Morgan fingerprint density at radius 2 is 1.72 bits per heavy atom. The lowest BCUT2D eigenvalue weighted by atomic mass is 9.50. The molecule has 1 unspecified atom stereocenters. The third-order valence-corrected chi connectivity index (χ3v) is 9.99. The van der Waals surface area contributed by atoms with E-state index in [4.69, 9.17) is 0 Å². The molecule has 0 aromatic carbocycles. The summed E-state index contributed by atoms with van der Waals surface area (Å²) in [6.45, 7) is 11.8. The first kappa shape index (κ1) is 21.6. The Morgan fingerprint density at radius 1 is 0.966 bits per heavy atom. The van der Waals surface area contributed by atoms with Crippen LogP contribution in [0, 0.1) is 40.4 Å². The molecule has 2 heteroatoms. The lowest BCUT2D eigenvalue weighted by Gasteiger charge is -2.55. The number of hydrogen-bond donors (Lipinski definition) is 2. The Morgan fingerprint density at radius 3 is 2.45 bits per heavy atom. The maximum Gasteiger partial charge on any atom is 0.0578 e. The zero-order valence-corrected chi connectivity index (χ0v) is 19.5. The van der Waals surface area contributed by atoms with Gasteiger partial charge in [0.05, 0.1) is 12.2 Å². The van der Waals surface area contributed by atoms with Crippen LogP contribution in [0.4, 0.5) is 0 Å². The molecule has 4 aliphatic rings. The van der Waals surface area contributed by atoms with Crippen molar-refractivity contribution in [3.63, 3.8) is 0 Å². The average molecular weight is 401 g/mol. The second kappa shape index (κ2) is 7.83. The summed E-state index contributed by atoms with van der Waals surface area (Å²) in [6, 6.07) is 0. The molecule has 2 nitrogen and oxygen atoms in total. The second-order valence-electron chi connectivity index (χ2n) is 11.9. The molecule has 3 saturated carbocycles. The van der Waals surface area contributed by atoms with Crippen LogP contribution in [0.2, 0.25) is 0 Å². The quantitative estimate of drug-likeness (QED) is 0.570. The van der Waals surface area contributed by atoms with Crippen molar-refractivity contribution in [3.8, 4) is 0 Å². The fraction of sp³-hybridized carbons (Fsp3) is 0.852. The molecule has 0 amide bonds. The highest BCUT2D eigenvalue weighted by Crippen LogP contribution is 2.66. The first-order chi connectivity index (χ1) is 13.7. The first-order valence-corrected chi connectivity index (χ1v) is 12.4. The smallest absolute Gasteiger partial charge is 0.0578 e. The van der Waals surface area contributed by atoms with Gasteiger partial charge in [0.2, 0.25) is 0 Å². The van der Waals surface area contributed by atoms with Gasteiger partial charge in [-0.2, -0.15) is 0 Å². The lowest BCUT2D eigenvalue weighted by Crippen LogP contribution is -2.46. The van der Waals surface area contributed by atoms with Crippen molar-refractivity contribution in [2.45, 2.75) is 105 Å². The van der Waals surface area contributed by atoms with E-state index < -0.39 is 0 Å². The minimum absolute atomic E-state index is 0.129. The van der Waals surface area contributed by atoms with E-state index in [-0.39, 0.29) is 17.6 Å². The second-order valence-corrected chi connectivity index (χ2v) is 11.9. The fourth-order valence-electron chi connectivity index (χ4n) is 7.93. The molecule has 0 radical (unpaired) electrons. The molecule has 4 rings (SSSR count). The molecule has 3 fully saturated rings. The van der Waals surface area contributed by atoms with Crippen LogP contribution in [-0.4, -0.2) is 22.4 Å². The maximum absolute atomic E-state index is 10.3. The van der Waals surface area contributed by atoms with Gasteiger partial charge in [-0.3, -0.25) is 0 Å². The highest BCUT2D eigenvalue weighted by molar-refractivity contribution is 5.38. The molecular formula is C27H44O2. The first-order valence-electron chi connectivity index (χ1n) is 12.4. The van der Waals surface area contributed by atoms with E-state index in [9.17, 15) is 10.2 Å².